The lowest BCUT2D eigenvalue weighted by atomic mass is 10.1. The zero-order valence-corrected chi connectivity index (χ0v) is 13.2. The van der Waals surface area contributed by atoms with Crippen LogP contribution < -0.4 is 10.6 Å². The Bertz CT molecular complexity index is 584. The van der Waals surface area contributed by atoms with E-state index in [1.165, 1.54) is 4.88 Å². The Morgan fingerprint density at radius 2 is 2.25 bits per heavy atom. The number of hydrogen-bond donors (Lipinski definition) is 2. The van der Waals surface area contributed by atoms with Crippen LogP contribution in [0.1, 0.15) is 42.7 Å². The van der Waals surface area contributed by atoms with Crippen molar-refractivity contribution >= 4 is 39.6 Å². The van der Waals surface area contributed by atoms with Crippen LogP contribution in [0.3, 0.4) is 0 Å². The zero-order chi connectivity index (χ0) is 14.7. The number of anilines is 1. The van der Waals surface area contributed by atoms with Crippen molar-refractivity contribution in [1.29, 1.82) is 5.26 Å². The van der Waals surface area contributed by atoms with E-state index in [1.807, 2.05) is 13.8 Å². The number of rotatable bonds is 3. The molecule has 0 radical (unpaired) electrons. The van der Waals surface area contributed by atoms with E-state index in [9.17, 15) is 10.1 Å². The lowest BCUT2D eigenvalue weighted by Gasteiger charge is -2.09. The summed E-state index contributed by atoms with van der Waals surface area (Å²) in [6.45, 7) is 3.96. The third-order valence-electron chi connectivity index (χ3n) is 3.11. The standard InChI is InChI=1S/C14H17N3OS2/c1-8(2)6-12(18)16-14(19)17-13-10(7-15)9-4-3-5-11(9)20-13/h8H,3-6H2,1-2H3,(H2,16,17,18,19). The first-order valence-electron chi connectivity index (χ1n) is 6.66. The minimum Gasteiger partial charge on any atom is -0.323 e. The first kappa shape index (κ1) is 14.9. The minimum atomic E-state index is -0.0971. The Morgan fingerprint density at radius 3 is 2.90 bits per heavy atom. The molecule has 0 saturated heterocycles. The molecule has 1 aromatic rings. The van der Waals surface area contributed by atoms with Crippen LogP contribution in [0.5, 0.6) is 0 Å². The number of aryl methyl sites for hydroxylation is 1. The molecule has 2 N–H and O–H groups in total. The van der Waals surface area contributed by atoms with E-state index in [0.29, 0.717) is 12.0 Å². The number of thiophene rings is 1. The molecule has 1 aromatic heterocycles. The molecule has 0 atom stereocenters. The molecule has 20 heavy (non-hydrogen) atoms. The third-order valence-corrected chi connectivity index (χ3v) is 4.52. The van der Waals surface area contributed by atoms with Crippen LogP contribution >= 0.6 is 23.6 Å². The fourth-order valence-electron chi connectivity index (χ4n) is 2.29. The van der Waals surface area contributed by atoms with E-state index < -0.39 is 0 Å². The van der Waals surface area contributed by atoms with Crippen LogP contribution in [-0.2, 0) is 17.6 Å². The lowest BCUT2D eigenvalue weighted by molar-refractivity contribution is -0.120. The molecular formula is C14H17N3OS2. The number of fused-ring (bicyclic) bond motifs is 1. The Morgan fingerprint density at radius 1 is 1.50 bits per heavy atom. The molecule has 4 nitrogen and oxygen atoms in total. The van der Waals surface area contributed by atoms with Gasteiger partial charge in [-0.15, -0.1) is 11.3 Å². The van der Waals surface area contributed by atoms with E-state index in [4.69, 9.17) is 12.2 Å². The molecule has 0 fully saturated rings. The molecule has 0 spiro atoms. The number of nitrogens with one attached hydrogen (secondary N) is 2. The minimum absolute atomic E-state index is 0.0971. The maximum absolute atomic E-state index is 11.6. The Labute approximate surface area is 128 Å². The fourth-order valence-corrected chi connectivity index (χ4v) is 3.82. The van der Waals surface area contributed by atoms with Crippen molar-refractivity contribution in [3.05, 3.63) is 16.0 Å². The van der Waals surface area contributed by atoms with Crippen molar-refractivity contribution in [2.24, 2.45) is 5.92 Å². The molecule has 1 aliphatic rings. The number of carbonyl (C=O) groups excluding carboxylic acids is 1. The summed E-state index contributed by atoms with van der Waals surface area (Å²) in [5.41, 5.74) is 1.83. The average molecular weight is 307 g/mol. The van der Waals surface area contributed by atoms with E-state index in [1.54, 1.807) is 11.3 Å². The predicted molar refractivity (Wildman–Crippen MR) is 84.9 cm³/mol. The first-order valence-corrected chi connectivity index (χ1v) is 7.89. The Hall–Kier alpha value is -1.45. The van der Waals surface area contributed by atoms with E-state index in [-0.39, 0.29) is 16.9 Å². The molecule has 6 heteroatoms. The van der Waals surface area contributed by atoms with Gasteiger partial charge in [-0.2, -0.15) is 5.26 Å². The SMILES string of the molecule is CC(C)CC(=O)NC(=S)Nc1sc2c(c1C#N)CCC2. The second-order valence-corrected chi connectivity index (χ2v) is 6.79. The average Bonchev–Trinajstić information content (AvgIpc) is 2.87. The van der Waals surface area contributed by atoms with Gasteiger partial charge >= 0.3 is 0 Å². The highest BCUT2D eigenvalue weighted by Gasteiger charge is 2.22. The molecule has 0 aliphatic heterocycles. The van der Waals surface area contributed by atoms with Crippen LogP contribution in [0.4, 0.5) is 5.00 Å². The normalized spacial score (nSPS) is 12.9. The largest absolute Gasteiger partial charge is 0.323 e. The highest BCUT2D eigenvalue weighted by molar-refractivity contribution is 7.80. The topological polar surface area (TPSA) is 64.9 Å². The molecule has 1 aliphatic carbocycles. The number of amides is 1. The van der Waals surface area contributed by atoms with Crippen molar-refractivity contribution in [3.8, 4) is 6.07 Å². The van der Waals surface area contributed by atoms with Gasteiger partial charge in [0.2, 0.25) is 5.91 Å². The monoisotopic (exact) mass is 307 g/mol. The van der Waals surface area contributed by atoms with Crippen LogP contribution in [0.2, 0.25) is 0 Å². The van der Waals surface area contributed by atoms with Gasteiger partial charge in [0.25, 0.3) is 0 Å². The second-order valence-electron chi connectivity index (χ2n) is 5.27. The molecule has 0 saturated carbocycles. The van der Waals surface area contributed by atoms with Crippen LogP contribution in [0.15, 0.2) is 0 Å². The van der Waals surface area contributed by atoms with Crippen LogP contribution in [0.25, 0.3) is 0 Å². The predicted octanol–water partition coefficient (Wildman–Crippen LogP) is 2.97. The number of thiocarbonyl (C=S) groups is 1. The van der Waals surface area contributed by atoms with Gasteiger partial charge in [0.15, 0.2) is 5.11 Å². The summed E-state index contributed by atoms with van der Waals surface area (Å²) in [6, 6.07) is 2.24. The van der Waals surface area contributed by atoms with E-state index in [2.05, 4.69) is 16.7 Å². The Kier molecular flexibility index (Phi) is 4.73. The second kappa shape index (κ2) is 6.33. The molecule has 1 heterocycles. The zero-order valence-electron chi connectivity index (χ0n) is 11.6. The molecular weight excluding hydrogens is 290 g/mol. The lowest BCUT2D eigenvalue weighted by Crippen LogP contribution is -2.34. The van der Waals surface area contributed by atoms with Gasteiger partial charge in [0.1, 0.15) is 11.1 Å². The molecule has 106 valence electrons. The van der Waals surface area contributed by atoms with Crippen molar-refractivity contribution in [1.82, 2.24) is 5.32 Å². The van der Waals surface area contributed by atoms with Gasteiger partial charge in [-0.05, 0) is 43.0 Å². The van der Waals surface area contributed by atoms with E-state index >= 15 is 0 Å². The number of carbonyl (C=O) groups is 1. The highest BCUT2D eigenvalue weighted by atomic mass is 32.1. The van der Waals surface area contributed by atoms with Crippen LogP contribution in [0, 0.1) is 17.2 Å². The third kappa shape index (κ3) is 3.35. The van der Waals surface area contributed by atoms with Gasteiger partial charge in [0.05, 0.1) is 5.56 Å². The fraction of sp³-hybridized carbons (Fsp3) is 0.500. The van der Waals surface area contributed by atoms with Crippen molar-refractivity contribution in [2.75, 3.05) is 5.32 Å². The summed E-state index contributed by atoms with van der Waals surface area (Å²) in [5.74, 6) is 0.193. The van der Waals surface area contributed by atoms with Crippen molar-refractivity contribution < 1.29 is 4.79 Å². The number of nitriles is 1. The summed E-state index contributed by atoms with van der Waals surface area (Å²) in [7, 11) is 0. The summed E-state index contributed by atoms with van der Waals surface area (Å²) >= 11 is 6.70. The summed E-state index contributed by atoms with van der Waals surface area (Å²) < 4.78 is 0. The number of nitrogens with zero attached hydrogens (tertiary/aromatic N) is 1. The van der Waals surface area contributed by atoms with Crippen molar-refractivity contribution in [3.63, 3.8) is 0 Å². The van der Waals surface area contributed by atoms with Gasteiger partial charge in [-0.3, -0.25) is 4.79 Å². The summed E-state index contributed by atoms with van der Waals surface area (Å²) in [4.78, 5) is 12.9. The highest BCUT2D eigenvalue weighted by Crippen LogP contribution is 2.38. The molecule has 1 amide bonds. The van der Waals surface area contributed by atoms with Gasteiger partial charge in [-0.1, -0.05) is 13.8 Å². The summed E-state index contributed by atoms with van der Waals surface area (Å²) in [5, 5.41) is 15.9. The molecule has 0 aromatic carbocycles. The van der Waals surface area contributed by atoms with Gasteiger partial charge in [0, 0.05) is 11.3 Å². The Balaban J connectivity index is 2.02. The smallest absolute Gasteiger partial charge is 0.226 e. The van der Waals surface area contributed by atoms with Gasteiger partial charge < -0.3 is 10.6 Å². The quantitative estimate of drug-likeness (QED) is 0.843. The molecule has 0 unspecified atom stereocenters. The molecule has 0 bridgehead atoms. The van der Waals surface area contributed by atoms with Crippen LogP contribution in [-0.4, -0.2) is 11.0 Å². The maximum atomic E-state index is 11.6. The maximum Gasteiger partial charge on any atom is 0.226 e. The number of hydrogen-bond acceptors (Lipinski definition) is 4. The first-order chi connectivity index (χ1) is 9.51. The van der Waals surface area contributed by atoms with Crippen molar-refractivity contribution in [2.45, 2.75) is 39.5 Å². The summed E-state index contributed by atoms with van der Waals surface area (Å²) in [6.07, 6.45) is 3.55. The van der Waals surface area contributed by atoms with Gasteiger partial charge in [-0.25, -0.2) is 0 Å². The molecule has 2 rings (SSSR count). The van der Waals surface area contributed by atoms with E-state index in [0.717, 1.165) is 29.8 Å².